The van der Waals surface area contributed by atoms with Gasteiger partial charge in [0.25, 0.3) is 0 Å². The quantitative estimate of drug-likeness (QED) is 0.613. The molecule has 118 valence electrons. The van der Waals surface area contributed by atoms with E-state index in [9.17, 15) is 13.2 Å². The summed E-state index contributed by atoms with van der Waals surface area (Å²) in [4.78, 5) is 4.45. The summed E-state index contributed by atoms with van der Waals surface area (Å²) in [6.07, 6.45) is -4.37. The molecular formula is C17H13F3N2O. The fraction of sp³-hybridized carbons (Fsp3) is 0.235. The molecule has 4 rings (SSSR count). The molecule has 0 bridgehead atoms. The van der Waals surface area contributed by atoms with Crippen LogP contribution in [0.2, 0.25) is 0 Å². The van der Waals surface area contributed by atoms with Gasteiger partial charge < -0.3 is 9.30 Å². The highest BCUT2D eigenvalue weighted by Gasteiger charge is 2.31. The molecule has 1 aliphatic rings. The summed E-state index contributed by atoms with van der Waals surface area (Å²) in [5.74, 6) is 1.36. The van der Waals surface area contributed by atoms with E-state index in [4.69, 9.17) is 4.74 Å². The number of alkyl halides is 3. The molecule has 1 aliphatic heterocycles. The van der Waals surface area contributed by atoms with Crippen LogP contribution in [-0.2, 0) is 12.7 Å². The lowest BCUT2D eigenvalue weighted by atomic mass is 10.1. The van der Waals surface area contributed by atoms with Crippen LogP contribution in [-0.4, -0.2) is 16.2 Å². The first kappa shape index (κ1) is 14.1. The Kier molecular flexibility index (Phi) is 2.91. The van der Waals surface area contributed by atoms with E-state index in [0.717, 1.165) is 23.3 Å². The standard InChI is InChI=1S/C17H13F3N2O/c1-10-2-5-15-12(8-10)16-21-13-9-11(17(18,19)20)3-4-14(13)22(16)6-7-23-15/h2-5,8-9H,6-7H2,1H3. The van der Waals surface area contributed by atoms with Crippen molar-refractivity contribution in [3.05, 3.63) is 47.5 Å². The van der Waals surface area contributed by atoms with Crippen molar-refractivity contribution in [1.82, 2.24) is 9.55 Å². The number of fused-ring (bicyclic) bond motifs is 5. The first-order chi connectivity index (χ1) is 10.9. The number of ether oxygens (including phenoxy) is 1. The van der Waals surface area contributed by atoms with E-state index in [1.54, 1.807) is 0 Å². The molecule has 0 radical (unpaired) electrons. The number of imidazole rings is 1. The van der Waals surface area contributed by atoms with Crippen molar-refractivity contribution >= 4 is 11.0 Å². The zero-order chi connectivity index (χ0) is 16.2. The molecule has 0 aliphatic carbocycles. The van der Waals surface area contributed by atoms with Crippen LogP contribution in [0, 0.1) is 6.92 Å². The molecule has 0 saturated carbocycles. The Hall–Kier alpha value is -2.50. The van der Waals surface area contributed by atoms with Crippen molar-refractivity contribution in [3.63, 3.8) is 0 Å². The van der Waals surface area contributed by atoms with Gasteiger partial charge in [-0.05, 0) is 37.3 Å². The van der Waals surface area contributed by atoms with Crippen molar-refractivity contribution in [2.45, 2.75) is 19.6 Å². The van der Waals surface area contributed by atoms with Gasteiger partial charge in [-0.2, -0.15) is 13.2 Å². The molecule has 0 spiro atoms. The maximum absolute atomic E-state index is 12.9. The number of nitrogens with zero attached hydrogens (tertiary/aromatic N) is 2. The molecule has 1 aromatic heterocycles. The van der Waals surface area contributed by atoms with Crippen molar-refractivity contribution in [1.29, 1.82) is 0 Å². The third kappa shape index (κ3) is 2.25. The molecule has 23 heavy (non-hydrogen) atoms. The van der Waals surface area contributed by atoms with Gasteiger partial charge in [0.15, 0.2) is 0 Å². The summed E-state index contributed by atoms with van der Waals surface area (Å²) in [6.45, 7) is 2.96. The smallest absolute Gasteiger partial charge is 0.416 e. The molecule has 0 N–H and O–H groups in total. The Labute approximate surface area is 130 Å². The average Bonchev–Trinajstić information content (AvgIpc) is 2.76. The highest BCUT2D eigenvalue weighted by Crippen LogP contribution is 2.37. The highest BCUT2D eigenvalue weighted by molar-refractivity contribution is 5.83. The van der Waals surface area contributed by atoms with E-state index in [2.05, 4.69) is 4.98 Å². The van der Waals surface area contributed by atoms with Gasteiger partial charge in [0.05, 0.1) is 28.7 Å². The molecular weight excluding hydrogens is 305 g/mol. The van der Waals surface area contributed by atoms with E-state index >= 15 is 0 Å². The van der Waals surface area contributed by atoms with Gasteiger partial charge in [-0.1, -0.05) is 11.6 Å². The average molecular weight is 318 g/mol. The van der Waals surface area contributed by atoms with Gasteiger partial charge in [0.1, 0.15) is 18.2 Å². The maximum atomic E-state index is 12.9. The van der Waals surface area contributed by atoms with Crippen LogP contribution in [0.15, 0.2) is 36.4 Å². The lowest BCUT2D eigenvalue weighted by Crippen LogP contribution is -2.06. The largest absolute Gasteiger partial charge is 0.491 e. The number of aryl methyl sites for hydroxylation is 1. The second-order valence-corrected chi connectivity index (χ2v) is 5.64. The van der Waals surface area contributed by atoms with Crippen molar-refractivity contribution < 1.29 is 17.9 Å². The zero-order valence-corrected chi connectivity index (χ0v) is 12.3. The van der Waals surface area contributed by atoms with Gasteiger partial charge >= 0.3 is 6.18 Å². The second-order valence-electron chi connectivity index (χ2n) is 5.64. The van der Waals surface area contributed by atoms with Crippen LogP contribution >= 0.6 is 0 Å². The summed E-state index contributed by atoms with van der Waals surface area (Å²) in [5, 5.41) is 0. The van der Waals surface area contributed by atoms with Gasteiger partial charge in [0.2, 0.25) is 0 Å². The molecule has 0 amide bonds. The molecule has 2 aromatic carbocycles. The lowest BCUT2D eigenvalue weighted by molar-refractivity contribution is -0.137. The Bertz CT molecular complexity index is 912. The Morgan fingerprint density at radius 2 is 1.96 bits per heavy atom. The minimum atomic E-state index is -4.37. The lowest BCUT2D eigenvalue weighted by Gasteiger charge is -2.07. The minimum absolute atomic E-state index is 0.351. The van der Waals surface area contributed by atoms with Crippen molar-refractivity contribution in [2.75, 3.05) is 6.61 Å². The number of benzene rings is 2. The van der Waals surface area contributed by atoms with Crippen LogP contribution in [0.25, 0.3) is 22.4 Å². The molecule has 2 heterocycles. The van der Waals surface area contributed by atoms with Gasteiger partial charge in [0, 0.05) is 0 Å². The van der Waals surface area contributed by atoms with E-state index < -0.39 is 11.7 Å². The van der Waals surface area contributed by atoms with Crippen LogP contribution < -0.4 is 4.74 Å². The third-order valence-electron chi connectivity index (χ3n) is 4.02. The molecule has 6 heteroatoms. The van der Waals surface area contributed by atoms with Crippen molar-refractivity contribution in [3.8, 4) is 17.1 Å². The monoisotopic (exact) mass is 318 g/mol. The molecule has 0 atom stereocenters. The molecule has 0 unspecified atom stereocenters. The summed E-state index contributed by atoms with van der Waals surface area (Å²) >= 11 is 0. The SMILES string of the molecule is Cc1ccc2c(c1)-c1nc3cc(C(F)(F)F)ccc3n1CCO2. The molecule has 0 saturated heterocycles. The molecule has 0 fully saturated rings. The first-order valence-electron chi connectivity index (χ1n) is 7.25. The zero-order valence-electron chi connectivity index (χ0n) is 12.3. The van der Waals surface area contributed by atoms with Gasteiger partial charge in [-0.25, -0.2) is 4.98 Å². The maximum Gasteiger partial charge on any atom is 0.416 e. The number of rotatable bonds is 0. The predicted molar refractivity (Wildman–Crippen MR) is 80.4 cm³/mol. The summed E-state index contributed by atoms with van der Waals surface area (Å²) < 4.78 is 46.4. The highest BCUT2D eigenvalue weighted by atomic mass is 19.4. The fourth-order valence-corrected chi connectivity index (χ4v) is 2.93. The summed E-state index contributed by atoms with van der Waals surface area (Å²) in [7, 11) is 0. The van der Waals surface area contributed by atoms with Crippen LogP contribution in [0.1, 0.15) is 11.1 Å². The van der Waals surface area contributed by atoms with Gasteiger partial charge in [-0.15, -0.1) is 0 Å². The number of hydrogen-bond acceptors (Lipinski definition) is 2. The molecule has 3 aromatic rings. The Morgan fingerprint density at radius 3 is 2.74 bits per heavy atom. The second kappa shape index (κ2) is 4.75. The topological polar surface area (TPSA) is 27.1 Å². The van der Waals surface area contributed by atoms with Gasteiger partial charge in [-0.3, -0.25) is 0 Å². The third-order valence-corrected chi connectivity index (χ3v) is 4.02. The van der Waals surface area contributed by atoms with E-state index in [1.807, 2.05) is 29.7 Å². The van der Waals surface area contributed by atoms with Crippen molar-refractivity contribution in [2.24, 2.45) is 0 Å². The minimum Gasteiger partial charge on any atom is -0.491 e. The molecule has 3 nitrogen and oxygen atoms in total. The van der Waals surface area contributed by atoms with Crippen LogP contribution in [0.4, 0.5) is 13.2 Å². The van der Waals surface area contributed by atoms with Crippen LogP contribution in [0.5, 0.6) is 5.75 Å². The summed E-state index contributed by atoms with van der Waals surface area (Å²) in [5.41, 5.74) is 2.21. The number of halogens is 3. The predicted octanol–water partition coefficient (Wildman–Crippen LogP) is 4.42. The Balaban J connectivity index is 1.98. The normalized spacial score (nSPS) is 14.1. The first-order valence-corrected chi connectivity index (χ1v) is 7.25. The number of aromatic nitrogens is 2. The van der Waals surface area contributed by atoms with E-state index in [-0.39, 0.29) is 0 Å². The fourth-order valence-electron chi connectivity index (χ4n) is 2.93. The van der Waals surface area contributed by atoms with Crippen LogP contribution in [0.3, 0.4) is 0 Å². The Morgan fingerprint density at radius 1 is 1.13 bits per heavy atom. The van der Waals surface area contributed by atoms with E-state index in [1.165, 1.54) is 6.07 Å². The number of hydrogen-bond donors (Lipinski definition) is 0. The summed E-state index contributed by atoms with van der Waals surface area (Å²) in [6, 6.07) is 9.45. The van der Waals surface area contributed by atoms with E-state index in [0.29, 0.717) is 35.8 Å².